The Hall–Kier alpha value is -4.10. The lowest BCUT2D eigenvalue weighted by atomic mass is 10.2. The van der Waals surface area contributed by atoms with Gasteiger partial charge in [-0.3, -0.25) is 25.1 Å². The zero-order valence-electron chi connectivity index (χ0n) is 16.7. The number of carbonyl (C=O) groups is 1. The lowest BCUT2D eigenvalue weighted by molar-refractivity contribution is -0.421. The first-order chi connectivity index (χ1) is 15.0. The molecule has 0 amide bonds. The molecule has 1 heterocycles. The number of ether oxygens (including phenoxy) is 2. The quantitative estimate of drug-likeness (QED) is 0.290. The van der Waals surface area contributed by atoms with Gasteiger partial charge in [0.25, 0.3) is 5.50 Å². The Morgan fingerprint density at radius 3 is 2.44 bits per heavy atom. The lowest BCUT2D eigenvalue weighted by Gasteiger charge is -2.30. The van der Waals surface area contributed by atoms with E-state index in [1.165, 1.54) is 6.92 Å². The number of nitro benzene ring substituents is 1. The third-order valence-electron chi connectivity index (χ3n) is 3.79. The molecule has 1 aliphatic rings. The number of sulfone groups is 1. The second-order valence-electron chi connectivity index (χ2n) is 5.93. The number of nitriles is 1. The molecule has 16 heteroatoms. The van der Waals surface area contributed by atoms with E-state index in [1.54, 1.807) is 6.07 Å². The molecule has 2 rings (SSSR count). The van der Waals surface area contributed by atoms with Gasteiger partial charge in [-0.05, 0) is 13.0 Å². The standard InChI is InChI=1S/C16H15N5O10S/c1-4-30-15(22)12-13(21(25)26)14(19(29-2)16(18-12)32(3,27)28)31-11-7-9(8-17)5-6-10(11)20(23)24/h5-7,16H,4H2,1-3H3. The van der Waals surface area contributed by atoms with Gasteiger partial charge in [-0.1, -0.05) is 0 Å². The van der Waals surface area contributed by atoms with Gasteiger partial charge in [-0.2, -0.15) is 10.3 Å². The fraction of sp³-hybridized carbons (Fsp3) is 0.312. The first-order valence-electron chi connectivity index (χ1n) is 8.48. The Kier molecular flexibility index (Phi) is 7.07. The number of carbonyl (C=O) groups excluding carboxylic acids is 1. The summed E-state index contributed by atoms with van der Waals surface area (Å²) in [5.41, 5.74) is -5.00. The number of aliphatic imine (C=N–C) groups is 1. The van der Waals surface area contributed by atoms with Crippen molar-refractivity contribution in [1.82, 2.24) is 5.06 Å². The molecule has 0 fully saturated rings. The molecule has 0 bridgehead atoms. The summed E-state index contributed by atoms with van der Waals surface area (Å²) in [5, 5.41) is 32.6. The maximum absolute atomic E-state index is 12.3. The van der Waals surface area contributed by atoms with Crippen molar-refractivity contribution in [3.05, 3.63) is 55.6 Å². The molecule has 0 saturated carbocycles. The highest BCUT2D eigenvalue weighted by Crippen LogP contribution is 2.34. The molecule has 0 aliphatic carbocycles. The van der Waals surface area contributed by atoms with Crippen LogP contribution in [0.1, 0.15) is 12.5 Å². The van der Waals surface area contributed by atoms with Gasteiger partial charge in [0.2, 0.25) is 11.5 Å². The zero-order valence-corrected chi connectivity index (χ0v) is 17.6. The Morgan fingerprint density at radius 2 is 1.97 bits per heavy atom. The van der Waals surface area contributed by atoms with Crippen molar-refractivity contribution in [1.29, 1.82) is 5.26 Å². The molecule has 0 radical (unpaired) electrons. The molecule has 1 aliphatic heterocycles. The molecular weight excluding hydrogens is 454 g/mol. The van der Waals surface area contributed by atoms with Crippen LogP contribution in [-0.4, -0.2) is 60.5 Å². The molecule has 0 saturated heterocycles. The monoisotopic (exact) mass is 469 g/mol. The van der Waals surface area contributed by atoms with Gasteiger partial charge < -0.3 is 9.47 Å². The normalized spacial score (nSPS) is 16.1. The van der Waals surface area contributed by atoms with Crippen molar-refractivity contribution >= 4 is 27.2 Å². The van der Waals surface area contributed by atoms with Gasteiger partial charge >= 0.3 is 23.2 Å². The highest BCUT2D eigenvalue weighted by atomic mass is 32.2. The Morgan fingerprint density at radius 1 is 1.31 bits per heavy atom. The molecule has 15 nitrogen and oxygen atoms in total. The van der Waals surface area contributed by atoms with Crippen molar-refractivity contribution in [3.63, 3.8) is 0 Å². The summed E-state index contributed by atoms with van der Waals surface area (Å²) < 4.78 is 34.6. The minimum atomic E-state index is -4.20. The average Bonchev–Trinajstić information content (AvgIpc) is 2.71. The summed E-state index contributed by atoms with van der Waals surface area (Å²) in [6.07, 6.45) is 0.712. The van der Waals surface area contributed by atoms with Crippen molar-refractivity contribution < 1.29 is 37.4 Å². The molecule has 32 heavy (non-hydrogen) atoms. The second kappa shape index (κ2) is 9.36. The van der Waals surface area contributed by atoms with Gasteiger partial charge in [0.05, 0.1) is 35.2 Å². The average molecular weight is 469 g/mol. The van der Waals surface area contributed by atoms with Crippen LogP contribution >= 0.6 is 0 Å². The van der Waals surface area contributed by atoms with Crippen LogP contribution in [0.3, 0.4) is 0 Å². The van der Waals surface area contributed by atoms with Gasteiger partial charge in [-0.25, -0.2) is 18.2 Å². The van der Waals surface area contributed by atoms with E-state index >= 15 is 0 Å². The number of hydrogen-bond donors (Lipinski definition) is 0. The maximum atomic E-state index is 12.3. The highest BCUT2D eigenvalue weighted by Gasteiger charge is 2.47. The van der Waals surface area contributed by atoms with Crippen LogP contribution in [0.5, 0.6) is 5.75 Å². The summed E-state index contributed by atoms with van der Waals surface area (Å²) in [5.74, 6) is -2.98. The van der Waals surface area contributed by atoms with E-state index in [-0.39, 0.29) is 12.2 Å². The summed E-state index contributed by atoms with van der Waals surface area (Å²) in [7, 11) is -3.26. The molecule has 1 aromatic carbocycles. The van der Waals surface area contributed by atoms with Crippen molar-refractivity contribution in [2.45, 2.75) is 12.4 Å². The number of hydroxylamine groups is 2. The van der Waals surface area contributed by atoms with E-state index in [4.69, 9.17) is 19.6 Å². The smallest absolute Gasteiger partial charge is 0.364 e. The lowest BCUT2D eigenvalue weighted by Crippen LogP contribution is -2.47. The third-order valence-corrected chi connectivity index (χ3v) is 4.85. The number of esters is 1. The maximum Gasteiger partial charge on any atom is 0.364 e. The van der Waals surface area contributed by atoms with Crippen LogP contribution in [0.4, 0.5) is 5.69 Å². The number of hydrogen-bond acceptors (Lipinski definition) is 13. The van der Waals surface area contributed by atoms with Crippen LogP contribution in [0, 0.1) is 31.6 Å². The van der Waals surface area contributed by atoms with Crippen molar-refractivity contribution in [3.8, 4) is 11.8 Å². The van der Waals surface area contributed by atoms with Crippen LogP contribution in [-0.2, 0) is 24.2 Å². The summed E-state index contributed by atoms with van der Waals surface area (Å²) in [6, 6.07) is 4.64. The fourth-order valence-electron chi connectivity index (χ4n) is 2.50. The molecule has 1 atom stereocenters. The van der Waals surface area contributed by atoms with E-state index in [2.05, 4.69) is 4.99 Å². The molecule has 0 spiro atoms. The first kappa shape index (κ1) is 24.2. The van der Waals surface area contributed by atoms with Crippen LogP contribution < -0.4 is 4.74 Å². The molecule has 170 valence electrons. The Labute approximate surface area is 180 Å². The highest BCUT2D eigenvalue weighted by molar-refractivity contribution is 7.91. The molecular formula is C16H15N5O10S. The molecule has 1 unspecified atom stereocenters. The van der Waals surface area contributed by atoms with E-state index in [0.29, 0.717) is 11.3 Å². The van der Waals surface area contributed by atoms with Crippen LogP contribution in [0.15, 0.2) is 34.8 Å². The topological polar surface area (TPSA) is 205 Å². The van der Waals surface area contributed by atoms with E-state index in [9.17, 15) is 33.4 Å². The minimum Gasteiger partial charge on any atom is -0.461 e. The largest absolute Gasteiger partial charge is 0.461 e. The second-order valence-corrected chi connectivity index (χ2v) is 8.01. The first-order valence-corrected chi connectivity index (χ1v) is 10.4. The van der Waals surface area contributed by atoms with Crippen LogP contribution in [0.2, 0.25) is 0 Å². The van der Waals surface area contributed by atoms with Gasteiger partial charge in [0.1, 0.15) is 0 Å². The van der Waals surface area contributed by atoms with Crippen LogP contribution in [0.25, 0.3) is 0 Å². The van der Waals surface area contributed by atoms with E-state index in [0.717, 1.165) is 25.3 Å². The minimum absolute atomic E-state index is 0.104. The van der Waals surface area contributed by atoms with E-state index in [1.807, 2.05) is 0 Å². The number of nitrogens with zero attached hydrogens (tertiary/aromatic N) is 5. The number of rotatable bonds is 8. The van der Waals surface area contributed by atoms with Gasteiger partial charge in [-0.15, -0.1) is 0 Å². The SMILES string of the molecule is CCOC(=O)C1=NC(S(C)(=O)=O)N(OC)C(Oc2cc(C#N)ccc2[N+](=O)[O-])=C1[N+](=O)[O-]. The van der Waals surface area contributed by atoms with Crippen molar-refractivity contribution in [2.24, 2.45) is 4.99 Å². The predicted octanol–water partition coefficient (Wildman–Crippen LogP) is 0.500. The van der Waals surface area contributed by atoms with Crippen molar-refractivity contribution in [2.75, 3.05) is 20.0 Å². The summed E-state index contributed by atoms with van der Waals surface area (Å²) in [6.45, 7) is 1.19. The fourth-order valence-corrected chi connectivity index (χ4v) is 3.33. The van der Waals surface area contributed by atoms with Gasteiger partial charge in [0.15, 0.2) is 9.84 Å². The number of benzene rings is 1. The van der Waals surface area contributed by atoms with Gasteiger partial charge in [0, 0.05) is 18.4 Å². The molecule has 0 aromatic heterocycles. The predicted molar refractivity (Wildman–Crippen MR) is 104 cm³/mol. The third kappa shape index (κ3) is 4.79. The Bertz CT molecular complexity index is 1180. The summed E-state index contributed by atoms with van der Waals surface area (Å²) in [4.78, 5) is 42.0. The summed E-state index contributed by atoms with van der Waals surface area (Å²) >= 11 is 0. The zero-order chi connectivity index (χ0) is 24.2. The van der Waals surface area contributed by atoms with E-state index < -0.39 is 59.9 Å². The Balaban J connectivity index is 2.84. The molecule has 0 N–H and O–H groups in total. The number of nitro groups is 2. The molecule has 1 aromatic rings.